The molecule has 0 atom stereocenters. The van der Waals surface area contributed by atoms with Crippen LogP contribution in [0.15, 0.2) is 21.7 Å². The maximum absolute atomic E-state index is 13.2. The predicted octanol–water partition coefficient (Wildman–Crippen LogP) is 1.74. The molecule has 4 nitrogen and oxygen atoms in total. The topological polar surface area (TPSA) is 54.9 Å². The Hall–Kier alpha value is -2.09. The van der Waals surface area contributed by atoms with E-state index in [9.17, 15) is 27.2 Å². The zero-order valence-electron chi connectivity index (χ0n) is 8.81. The van der Waals surface area contributed by atoms with Gasteiger partial charge in [-0.15, -0.1) is 0 Å². The lowest BCUT2D eigenvalue weighted by Gasteiger charge is -2.06. The summed E-state index contributed by atoms with van der Waals surface area (Å²) in [4.78, 5) is 24.7. The maximum atomic E-state index is 13.2. The monoisotopic (exact) mass is 294 g/mol. The van der Waals surface area contributed by atoms with Crippen molar-refractivity contribution in [3.8, 4) is 5.69 Å². The fourth-order valence-corrected chi connectivity index (χ4v) is 1.56. The number of benzene rings is 1. The first kappa shape index (κ1) is 13.3. The summed E-state index contributed by atoms with van der Waals surface area (Å²) in [6, 6.07) is 0.755. The number of aromatic nitrogens is 2. The summed E-state index contributed by atoms with van der Waals surface area (Å²) >= 11 is 5.21. The zero-order valence-corrected chi connectivity index (χ0v) is 9.56. The minimum absolute atomic E-state index is 0.0901. The fraction of sp³-hybridized carbons (Fsp3) is 0. The van der Waals surface area contributed by atoms with Crippen molar-refractivity contribution in [2.75, 3.05) is 0 Å². The first-order valence-electron chi connectivity index (χ1n) is 4.68. The highest BCUT2D eigenvalue weighted by Gasteiger charge is 2.17. The lowest BCUT2D eigenvalue weighted by atomic mass is 10.3. The molecule has 0 unspecified atom stereocenters. The van der Waals surface area contributed by atoms with Crippen LogP contribution in [-0.2, 0) is 0 Å². The van der Waals surface area contributed by atoms with Gasteiger partial charge in [0.25, 0.3) is 5.56 Å². The third-order valence-corrected chi connectivity index (χ3v) is 2.49. The molecule has 1 heterocycles. The molecule has 1 N–H and O–H groups in total. The molecule has 100 valence electrons. The van der Waals surface area contributed by atoms with Gasteiger partial charge in [0.2, 0.25) is 5.82 Å². The molecular weight excluding hydrogens is 292 g/mol. The van der Waals surface area contributed by atoms with E-state index < -0.39 is 45.4 Å². The van der Waals surface area contributed by atoms with Crippen molar-refractivity contribution >= 4 is 11.6 Å². The van der Waals surface area contributed by atoms with Gasteiger partial charge < -0.3 is 0 Å². The van der Waals surface area contributed by atoms with Crippen molar-refractivity contribution in [2.24, 2.45) is 0 Å². The van der Waals surface area contributed by atoms with E-state index in [1.807, 2.05) is 0 Å². The van der Waals surface area contributed by atoms with Crippen LogP contribution in [0.25, 0.3) is 5.69 Å². The second kappa shape index (κ2) is 4.54. The lowest BCUT2D eigenvalue weighted by Crippen LogP contribution is -2.36. The summed E-state index contributed by atoms with van der Waals surface area (Å²) in [5.41, 5.74) is -3.40. The average Bonchev–Trinajstić information content (AvgIpc) is 2.33. The largest absolute Gasteiger partial charge is 0.334 e. The Balaban J connectivity index is 2.84. The molecule has 2 aromatic rings. The summed E-state index contributed by atoms with van der Waals surface area (Å²) in [5.74, 6) is -6.54. The van der Waals surface area contributed by atoms with Crippen LogP contribution in [0.3, 0.4) is 0 Å². The Morgan fingerprint density at radius 2 is 1.53 bits per heavy atom. The number of H-pyrrole nitrogens is 1. The van der Waals surface area contributed by atoms with Crippen LogP contribution in [-0.4, -0.2) is 9.55 Å². The third-order valence-electron chi connectivity index (χ3n) is 2.23. The highest BCUT2D eigenvalue weighted by atomic mass is 35.5. The molecule has 0 bridgehead atoms. The number of hydrogen-bond donors (Lipinski definition) is 1. The number of aromatic amines is 1. The van der Waals surface area contributed by atoms with Gasteiger partial charge in [0.15, 0.2) is 22.6 Å². The van der Waals surface area contributed by atoms with Crippen LogP contribution in [0.4, 0.5) is 17.6 Å². The number of hydrogen-bond acceptors (Lipinski definition) is 2. The van der Waals surface area contributed by atoms with Crippen molar-refractivity contribution in [1.29, 1.82) is 0 Å². The summed E-state index contributed by atoms with van der Waals surface area (Å²) < 4.78 is 52.1. The summed E-state index contributed by atoms with van der Waals surface area (Å²) in [6.45, 7) is 0. The Bertz CT molecular complexity index is 761. The van der Waals surface area contributed by atoms with E-state index in [2.05, 4.69) is 0 Å². The van der Waals surface area contributed by atoms with Crippen molar-refractivity contribution < 1.29 is 17.6 Å². The summed E-state index contributed by atoms with van der Waals surface area (Å²) in [7, 11) is 0. The smallest absolute Gasteiger partial charge is 0.295 e. The van der Waals surface area contributed by atoms with Gasteiger partial charge in [-0.2, -0.15) is 4.39 Å². The molecule has 0 radical (unpaired) electrons. The van der Waals surface area contributed by atoms with Crippen LogP contribution >= 0.6 is 11.6 Å². The molecule has 0 aliphatic heterocycles. The molecule has 0 aliphatic carbocycles. The lowest BCUT2D eigenvalue weighted by molar-refractivity contribution is 0.446. The van der Waals surface area contributed by atoms with E-state index in [1.54, 1.807) is 4.98 Å². The normalized spacial score (nSPS) is 10.8. The number of nitrogens with one attached hydrogen (secondary N) is 1. The van der Waals surface area contributed by atoms with Crippen molar-refractivity contribution in [3.63, 3.8) is 0 Å². The van der Waals surface area contributed by atoms with Gasteiger partial charge in [-0.05, 0) is 0 Å². The van der Waals surface area contributed by atoms with Gasteiger partial charge in [-0.3, -0.25) is 9.78 Å². The number of nitrogens with zero attached hydrogens (tertiary/aromatic N) is 1. The second-order valence-corrected chi connectivity index (χ2v) is 3.80. The summed E-state index contributed by atoms with van der Waals surface area (Å²) in [5, 5.41) is -0.839. The van der Waals surface area contributed by atoms with Gasteiger partial charge in [0.1, 0.15) is 0 Å². The molecule has 0 fully saturated rings. The van der Waals surface area contributed by atoms with E-state index in [4.69, 9.17) is 11.6 Å². The fourth-order valence-electron chi connectivity index (χ4n) is 1.39. The number of halogens is 5. The standard InChI is InChI=1S/C10H3ClF4N2O2/c11-8-7(15)9(18)17(10(19)16-8)3-1-4(12)6(14)5(13)2-3/h1-2H,(H,16,19). The minimum Gasteiger partial charge on any atom is -0.295 e. The SMILES string of the molecule is O=c1[nH]c(Cl)c(F)c(=O)n1-c1cc(F)c(F)c(F)c1. The molecular formula is C10H3ClF4N2O2. The highest BCUT2D eigenvalue weighted by molar-refractivity contribution is 6.29. The molecule has 0 saturated heterocycles. The van der Waals surface area contributed by atoms with Gasteiger partial charge in [0.05, 0.1) is 5.69 Å². The molecule has 0 spiro atoms. The molecule has 0 aliphatic rings. The highest BCUT2D eigenvalue weighted by Crippen LogP contribution is 2.15. The van der Waals surface area contributed by atoms with Gasteiger partial charge >= 0.3 is 5.69 Å². The molecule has 0 saturated carbocycles. The summed E-state index contributed by atoms with van der Waals surface area (Å²) in [6.07, 6.45) is 0. The van der Waals surface area contributed by atoms with Gasteiger partial charge in [0, 0.05) is 12.1 Å². The van der Waals surface area contributed by atoms with Crippen LogP contribution in [0.2, 0.25) is 5.15 Å². The van der Waals surface area contributed by atoms with E-state index in [0.29, 0.717) is 12.1 Å². The van der Waals surface area contributed by atoms with E-state index in [1.165, 1.54) is 0 Å². The molecule has 2 rings (SSSR count). The third kappa shape index (κ3) is 2.14. The van der Waals surface area contributed by atoms with Crippen LogP contribution in [0, 0.1) is 23.3 Å². The Morgan fingerprint density at radius 3 is 2.05 bits per heavy atom. The maximum Gasteiger partial charge on any atom is 0.334 e. The van der Waals surface area contributed by atoms with Crippen LogP contribution < -0.4 is 11.2 Å². The Morgan fingerprint density at radius 1 is 1.00 bits per heavy atom. The molecule has 0 amide bonds. The molecule has 9 heteroatoms. The van der Waals surface area contributed by atoms with Crippen molar-refractivity contribution in [1.82, 2.24) is 9.55 Å². The molecule has 1 aromatic carbocycles. The van der Waals surface area contributed by atoms with Crippen molar-refractivity contribution in [2.45, 2.75) is 0 Å². The first-order chi connectivity index (χ1) is 8.82. The Kier molecular flexibility index (Phi) is 3.19. The van der Waals surface area contributed by atoms with E-state index in [-0.39, 0.29) is 4.57 Å². The first-order valence-corrected chi connectivity index (χ1v) is 5.06. The second-order valence-electron chi connectivity index (χ2n) is 3.42. The average molecular weight is 295 g/mol. The quantitative estimate of drug-likeness (QED) is 0.495. The van der Waals surface area contributed by atoms with Gasteiger partial charge in [-0.1, -0.05) is 11.6 Å². The predicted molar refractivity (Wildman–Crippen MR) is 57.5 cm³/mol. The zero-order chi connectivity index (χ0) is 14.3. The van der Waals surface area contributed by atoms with E-state index in [0.717, 1.165) is 0 Å². The Labute approximate surface area is 106 Å². The van der Waals surface area contributed by atoms with Crippen LogP contribution in [0.5, 0.6) is 0 Å². The van der Waals surface area contributed by atoms with Gasteiger partial charge in [-0.25, -0.2) is 22.5 Å². The van der Waals surface area contributed by atoms with Crippen molar-refractivity contribution in [3.05, 3.63) is 61.4 Å². The molecule has 19 heavy (non-hydrogen) atoms. The molecule has 1 aromatic heterocycles. The number of rotatable bonds is 1. The van der Waals surface area contributed by atoms with E-state index >= 15 is 0 Å². The minimum atomic E-state index is -1.78. The van der Waals surface area contributed by atoms with Crippen LogP contribution in [0.1, 0.15) is 0 Å².